The van der Waals surface area contributed by atoms with Crippen molar-refractivity contribution in [2.24, 2.45) is 5.41 Å². The standard InChI is InChI=1S/C39H50N2O4S.ClH/c1-5-7-22-39(23-8-6-2)29-46(43,44)36-21-18-33(40(3)4)26-35(36)37(38(39)42)32-16-19-34(20-17-32)45-28-31-14-12-30(13-15-31)27-41-24-10-9-11-25-41;/h9-21,24-26,37-38,42H,5-8,22-23,27-29H2,1-4H3,(H-,43,44);1H/p+1. The minimum absolute atomic E-state index is 0. The Hall–Kier alpha value is -3.07. The Balaban J connectivity index is 0.00000500. The number of benzene rings is 3. The number of aliphatic hydroxyl groups is 1. The number of nitrogens with zero attached hydrogens (tertiary/aromatic N) is 2. The van der Waals surface area contributed by atoms with Gasteiger partial charge in [-0.25, -0.2) is 4.57 Å². The lowest BCUT2D eigenvalue weighted by Crippen LogP contribution is -2.42. The number of pyridine rings is 1. The van der Waals surface area contributed by atoms with Gasteiger partial charge in [0.15, 0.2) is 18.9 Å². The van der Waals surface area contributed by atoms with Crippen molar-refractivity contribution in [3.05, 3.63) is 120 Å². The van der Waals surface area contributed by atoms with E-state index in [0.717, 1.165) is 73.2 Å². The van der Waals surface area contributed by atoms with Gasteiger partial charge in [-0.1, -0.05) is 82.0 Å². The number of rotatable bonds is 13. The van der Waals surface area contributed by atoms with Crippen LogP contribution in [0, 0.1) is 5.41 Å². The third kappa shape index (κ3) is 8.70. The Morgan fingerprint density at radius 3 is 2.06 bits per heavy atom. The maximum Gasteiger partial charge on any atom is 0.173 e. The summed E-state index contributed by atoms with van der Waals surface area (Å²) in [4.78, 5) is 2.58. The van der Waals surface area contributed by atoms with Gasteiger partial charge in [0.25, 0.3) is 0 Å². The molecular formula is C39H52ClN2O4S+. The Labute approximate surface area is 289 Å². The van der Waals surface area contributed by atoms with Gasteiger partial charge in [0, 0.05) is 48.8 Å². The molecule has 0 fully saturated rings. The number of fused-ring (bicyclic) bond motifs is 1. The summed E-state index contributed by atoms with van der Waals surface area (Å²) in [6.07, 6.45) is 8.72. The van der Waals surface area contributed by atoms with E-state index in [0.29, 0.717) is 11.5 Å². The third-order valence-corrected chi connectivity index (χ3v) is 11.5. The largest absolute Gasteiger partial charge is 0.489 e. The van der Waals surface area contributed by atoms with Gasteiger partial charge in [-0.05, 0) is 59.9 Å². The van der Waals surface area contributed by atoms with Crippen molar-refractivity contribution in [3.63, 3.8) is 0 Å². The first-order chi connectivity index (χ1) is 22.2. The van der Waals surface area contributed by atoms with Crippen molar-refractivity contribution >= 4 is 28.7 Å². The van der Waals surface area contributed by atoms with Gasteiger partial charge in [0.2, 0.25) is 0 Å². The van der Waals surface area contributed by atoms with Crippen LogP contribution in [0.2, 0.25) is 0 Å². The van der Waals surface area contributed by atoms with Gasteiger partial charge in [-0.3, -0.25) is 9.11 Å². The van der Waals surface area contributed by atoms with Crippen molar-refractivity contribution in [2.45, 2.75) is 82.4 Å². The van der Waals surface area contributed by atoms with E-state index in [2.05, 4.69) is 55.1 Å². The minimum Gasteiger partial charge on any atom is -0.489 e. The summed E-state index contributed by atoms with van der Waals surface area (Å²) in [7, 11) is 0.829. The number of aliphatic hydroxyl groups excluding tert-OH is 1. The van der Waals surface area contributed by atoms with Crippen LogP contribution in [0.3, 0.4) is 0 Å². The number of anilines is 1. The second-order valence-corrected chi connectivity index (χ2v) is 15.2. The molecule has 1 aliphatic heterocycles. The maximum atomic E-state index is 12.5. The monoisotopic (exact) mass is 679 g/mol. The molecule has 254 valence electrons. The maximum absolute atomic E-state index is 12.5. The Kier molecular flexibility index (Phi) is 12.8. The average molecular weight is 680 g/mol. The quantitative estimate of drug-likeness (QED) is 0.123. The van der Waals surface area contributed by atoms with Crippen LogP contribution < -0.4 is 14.2 Å². The zero-order valence-electron chi connectivity index (χ0n) is 28.2. The van der Waals surface area contributed by atoms with Gasteiger partial charge >= 0.3 is 0 Å². The molecule has 2 unspecified atom stereocenters. The topological polar surface area (TPSA) is 77.0 Å². The summed E-state index contributed by atoms with van der Waals surface area (Å²) >= 11 is 0. The molecule has 2 atom stereocenters. The second-order valence-electron chi connectivity index (χ2n) is 13.1. The highest BCUT2D eigenvalue weighted by molar-refractivity contribution is 8.24. The zero-order valence-corrected chi connectivity index (χ0v) is 29.9. The fourth-order valence-corrected chi connectivity index (χ4v) is 9.12. The van der Waals surface area contributed by atoms with E-state index in [1.54, 1.807) is 0 Å². The molecule has 0 saturated carbocycles. The molecule has 1 aromatic heterocycles. The summed E-state index contributed by atoms with van der Waals surface area (Å²) < 4.78 is 31.9. The summed E-state index contributed by atoms with van der Waals surface area (Å²) in [6.45, 7) is 5.59. The number of aromatic nitrogens is 1. The average Bonchev–Trinajstić information content (AvgIpc) is 3.13. The van der Waals surface area contributed by atoms with Gasteiger partial charge < -0.3 is 14.7 Å². The number of hydrogen-bond donors (Lipinski definition) is 3. The summed E-state index contributed by atoms with van der Waals surface area (Å²) in [6, 6.07) is 28.5. The van der Waals surface area contributed by atoms with E-state index >= 15 is 0 Å². The van der Waals surface area contributed by atoms with Crippen LogP contribution in [0.4, 0.5) is 5.69 Å². The Bertz CT molecular complexity index is 1540. The lowest BCUT2D eigenvalue weighted by Gasteiger charge is -2.44. The highest BCUT2D eigenvalue weighted by Gasteiger charge is 2.49. The molecule has 0 radical (unpaired) electrons. The van der Waals surface area contributed by atoms with Gasteiger partial charge in [0.1, 0.15) is 12.4 Å². The molecule has 0 aliphatic carbocycles. The normalized spacial score (nSPS) is 18.7. The first kappa shape index (κ1) is 36.8. The molecule has 3 N–H and O–H groups in total. The van der Waals surface area contributed by atoms with E-state index in [1.165, 1.54) is 5.56 Å². The summed E-state index contributed by atoms with van der Waals surface area (Å²) in [5, 5.41) is 12.5. The van der Waals surface area contributed by atoms with Gasteiger partial charge in [-0.2, -0.15) is 10.6 Å². The molecule has 1 aliphatic rings. The molecule has 2 heterocycles. The molecule has 5 rings (SSSR count). The Morgan fingerprint density at radius 1 is 0.851 bits per heavy atom. The smallest absolute Gasteiger partial charge is 0.173 e. The molecule has 6 nitrogen and oxygen atoms in total. The van der Waals surface area contributed by atoms with Crippen molar-refractivity contribution in [3.8, 4) is 5.75 Å². The highest BCUT2D eigenvalue weighted by atomic mass is 35.5. The van der Waals surface area contributed by atoms with Crippen LogP contribution in [0.25, 0.3) is 0 Å². The highest BCUT2D eigenvalue weighted by Crippen LogP contribution is 2.62. The number of ether oxygens (including phenoxy) is 1. The molecule has 8 heteroatoms. The number of hydrogen-bond acceptors (Lipinski definition) is 5. The molecule has 47 heavy (non-hydrogen) atoms. The minimum atomic E-state index is -3.14. The van der Waals surface area contributed by atoms with Crippen molar-refractivity contribution in [1.82, 2.24) is 0 Å². The molecule has 4 aromatic rings. The summed E-state index contributed by atoms with van der Waals surface area (Å²) in [5.74, 6) is 0.544. The van der Waals surface area contributed by atoms with Crippen molar-refractivity contribution < 1.29 is 23.5 Å². The second kappa shape index (κ2) is 16.4. The molecular weight excluding hydrogens is 628 g/mol. The molecule has 0 saturated heterocycles. The van der Waals surface area contributed by atoms with E-state index in [-0.39, 0.29) is 18.2 Å². The summed E-state index contributed by atoms with van der Waals surface area (Å²) in [5.41, 5.74) is 4.44. The molecule has 0 bridgehead atoms. The van der Waals surface area contributed by atoms with Crippen LogP contribution >= 0.6 is 23.0 Å². The predicted octanol–water partition coefficient (Wildman–Crippen LogP) is 9.07. The third-order valence-electron chi connectivity index (χ3n) is 9.50. The first-order valence-electron chi connectivity index (χ1n) is 16.7. The van der Waals surface area contributed by atoms with E-state index in [9.17, 15) is 14.2 Å². The zero-order chi connectivity index (χ0) is 32.7. The fraction of sp³-hybridized carbons (Fsp3) is 0.410. The fourth-order valence-electron chi connectivity index (χ4n) is 6.86. The Morgan fingerprint density at radius 2 is 1.47 bits per heavy atom. The van der Waals surface area contributed by atoms with Crippen LogP contribution in [0.1, 0.15) is 80.5 Å². The van der Waals surface area contributed by atoms with E-state index in [4.69, 9.17) is 4.74 Å². The van der Waals surface area contributed by atoms with E-state index in [1.807, 2.05) is 79.7 Å². The van der Waals surface area contributed by atoms with Crippen molar-refractivity contribution in [1.29, 1.82) is 0 Å². The van der Waals surface area contributed by atoms with Crippen LogP contribution in [-0.2, 0) is 13.2 Å². The first-order valence-corrected chi connectivity index (χ1v) is 18.4. The van der Waals surface area contributed by atoms with Gasteiger partial charge in [0.05, 0.1) is 16.8 Å². The van der Waals surface area contributed by atoms with E-state index < -0.39 is 28.0 Å². The van der Waals surface area contributed by atoms with Gasteiger partial charge in [-0.15, -0.1) is 12.4 Å². The van der Waals surface area contributed by atoms with Crippen LogP contribution in [0.5, 0.6) is 5.75 Å². The number of halogens is 1. The molecule has 0 spiro atoms. The lowest BCUT2D eigenvalue weighted by molar-refractivity contribution is -0.688. The predicted molar refractivity (Wildman–Crippen MR) is 196 cm³/mol. The molecule has 3 aromatic carbocycles. The lowest BCUT2D eigenvalue weighted by atomic mass is 9.68. The number of unbranched alkanes of at least 4 members (excludes halogenated alkanes) is 2. The van der Waals surface area contributed by atoms with Crippen LogP contribution in [0.15, 0.2) is 102 Å². The SMILES string of the molecule is CCCCC1(CCCC)CS(O)(O)c2ccc(N(C)C)cc2C(c2ccc(OCc3ccc(C[n+]4ccccc4)cc3)cc2)C1O.Cl. The van der Waals surface area contributed by atoms with Crippen molar-refractivity contribution in [2.75, 3.05) is 24.7 Å². The molecule has 0 amide bonds. The van der Waals surface area contributed by atoms with Crippen LogP contribution in [-0.4, -0.2) is 40.2 Å².